The minimum Gasteiger partial charge on any atom is -0.356 e. The minimum atomic E-state index is 0.00208. The number of likely N-dealkylation sites (N-methyl/N-ethyl adjacent to an activating group) is 1. The van der Waals surface area contributed by atoms with Gasteiger partial charge in [-0.2, -0.15) is 0 Å². The summed E-state index contributed by atoms with van der Waals surface area (Å²) in [5, 5.41) is 6.76. The highest BCUT2D eigenvalue weighted by Gasteiger charge is 2.16. The van der Waals surface area contributed by atoms with Gasteiger partial charge in [-0.05, 0) is 25.0 Å². The van der Waals surface area contributed by atoms with E-state index in [1.807, 2.05) is 18.2 Å². The van der Waals surface area contributed by atoms with Gasteiger partial charge < -0.3 is 15.5 Å². The van der Waals surface area contributed by atoms with Crippen LogP contribution < -0.4 is 10.6 Å². The van der Waals surface area contributed by atoms with E-state index in [1.54, 1.807) is 25.2 Å². The SMILES string of the molecule is CN(C)C(=O)CN=C(NCCc1ccccn1)NC1CCCC1. The van der Waals surface area contributed by atoms with E-state index in [2.05, 4.69) is 20.6 Å². The first-order valence-corrected chi connectivity index (χ1v) is 8.30. The summed E-state index contributed by atoms with van der Waals surface area (Å²) in [6, 6.07) is 6.38. The van der Waals surface area contributed by atoms with Crippen molar-refractivity contribution in [2.24, 2.45) is 4.99 Å². The van der Waals surface area contributed by atoms with Crippen LogP contribution in [0.4, 0.5) is 0 Å². The summed E-state index contributed by atoms with van der Waals surface area (Å²) in [6.07, 6.45) is 7.49. The van der Waals surface area contributed by atoms with Crippen molar-refractivity contribution in [2.75, 3.05) is 27.2 Å². The quantitative estimate of drug-likeness (QED) is 0.611. The van der Waals surface area contributed by atoms with Gasteiger partial charge >= 0.3 is 0 Å². The molecule has 0 spiro atoms. The molecule has 2 N–H and O–H groups in total. The van der Waals surface area contributed by atoms with Crippen molar-refractivity contribution in [3.63, 3.8) is 0 Å². The third-order valence-corrected chi connectivity index (χ3v) is 3.97. The van der Waals surface area contributed by atoms with E-state index >= 15 is 0 Å². The average Bonchev–Trinajstić information content (AvgIpc) is 3.06. The number of pyridine rings is 1. The van der Waals surface area contributed by atoms with Crippen LogP contribution in [0.5, 0.6) is 0 Å². The van der Waals surface area contributed by atoms with Crippen LogP contribution in [0.1, 0.15) is 31.4 Å². The Morgan fingerprint density at radius 1 is 1.35 bits per heavy atom. The lowest BCUT2D eigenvalue weighted by molar-refractivity contribution is -0.127. The van der Waals surface area contributed by atoms with Gasteiger partial charge in [0.2, 0.25) is 5.91 Å². The van der Waals surface area contributed by atoms with Crippen molar-refractivity contribution < 1.29 is 4.79 Å². The van der Waals surface area contributed by atoms with Gasteiger partial charge in [0.05, 0.1) is 0 Å². The molecule has 6 nitrogen and oxygen atoms in total. The van der Waals surface area contributed by atoms with Crippen LogP contribution in [-0.4, -0.2) is 55.0 Å². The van der Waals surface area contributed by atoms with Gasteiger partial charge in [-0.15, -0.1) is 0 Å². The number of amides is 1. The predicted octanol–water partition coefficient (Wildman–Crippen LogP) is 1.19. The number of guanidine groups is 1. The second-order valence-corrected chi connectivity index (χ2v) is 6.08. The van der Waals surface area contributed by atoms with Gasteiger partial charge in [-0.1, -0.05) is 18.9 Å². The number of hydrogen-bond acceptors (Lipinski definition) is 3. The molecule has 1 aromatic rings. The Labute approximate surface area is 138 Å². The number of nitrogens with zero attached hydrogens (tertiary/aromatic N) is 3. The maximum atomic E-state index is 11.7. The van der Waals surface area contributed by atoms with Crippen molar-refractivity contribution in [1.29, 1.82) is 0 Å². The molecule has 1 heterocycles. The summed E-state index contributed by atoms with van der Waals surface area (Å²) >= 11 is 0. The van der Waals surface area contributed by atoms with Gasteiger partial charge in [0.15, 0.2) is 5.96 Å². The molecule has 2 rings (SSSR count). The smallest absolute Gasteiger partial charge is 0.243 e. The Hall–Kier alpha value is -2.11. The zero-order valence-corrected chi connectivity index (χ0v) is 14.1. The van der Waals surface area contributed by atoms with Crippen LogP contribution in [0.3, 0.4) is 0 Å². The highest BCUT2D eigenvalue weighted by Crippen LogP contribution is 2.17. The van der Waals surface area contributed by atoms with E-state index < -0.39 is 0 Å². The van der Waals surface area contributed by atoms with Gasteiger partial charge in [-0.25, -0.2) is 4.99 Å². The number of rotatable bonds is 6. The monoisotopic (exact) mass is 317 g/mol. The minimum absolute atomic E-state index is 0.00208. The Bertz CT molecular complexity index is 509. The fraction of sp³-hybridized carbons (Fsp3) is 0.588. The highest BCUT2D eigenvalue weighted by atomic mass is 16.2. The van der Waals surface area contributed by atoms with Crippen LogP contribution in [-0.2, 0) is 11.2 Å². The number of aliphatic imine (C=N–C) groups is 1. The molecule has 1 aliphatic carbocycles. The molecule has 1 fully saturated rings. The van der Waals surface area contributed by atoms with E-state index in [0.717, 1.165) is 24.6 Å². The van der Waals surface area contributed by atoms with E-state index in [4.69, 9.17) is 0 Å². The fourth-order valence-corrected chi connectivity index (χ4v) is 2.56. The second kappa shape index (κ2) is 9.12. The molecule has 0 aliphatic heterocycles. The molecule has 1 saturated carbocycles. The first-order chi connectivity index (χ1) is 11.1. The van der Waals surface area contributed by atoms with Crippen LogP contribution in [0.2, 0.25) is 0 Å². The number of nitrogens with one attached hydrogen (secondary N) is 2. The Kier molecular flexibility index (Phi) is 6.84. The van der Waals surface area contributed by atoms with Crippen LogP contribution in [0.15, 0.2) is 29.4 Å². The van der Waals surface area contributed by atoms with Gasteiger partial charge in [-0.3, -0.25) is 9.78 Å². The highest BCUT2D eigenvalue weighted by molar-refractivity contribution is 5.84. The fourth-order valence-electron chi connectivity index (χ4n) is 2.56. The van der Waals surface area contributed by atoms with E-state index in [9.17, 15) is 4.79 Å². The number of hydrogen-bond donors (Lipinski definition) is 2. The average molecular weight is 317 g/mol. The molecule has 0 radical (unpaired) electrons. The molecule has 126 valence electrons. The third kappa shape index (κ3) is 6.26. The van der Waals surface area contributed by atoms with Crippen molar-refractivity contribution in [3.05, 3.63) is 30.1 Å². The molecular weight excluding hydrogens is 290 g/mol. The first kappa shape index (κ1) is 17.2. The molecule has 1 aromatic heterocycles. The van der Waals surface area contributed by atoms with Crippen molar-refractivity contribution >= 4 is 11.9 Å². The lowest BCUT2D eigenvalue weighted by Crippen LogP contribution is -2.43. The maximum absolute atomic E-state index is 11.7. The summed E-state index contributed by atoms with van der Waals surface area (Å²) in [4.78, 5) is 22.0. The summed E-state index contributed by atoms with van der Waals surface area (Å²) in [5.41, 5.74) is 1.05. The van der Waals surface area contributed by atoms with Crippen molar-refractivity contribution in [1.82, 2.24) is 20.5 Å². The standard InChI is InChI=1S/C17H27N5O/c1-22(2)16(23)13-20-17(21-15-8-3-4-9-15)19-12-10-14-7-5-6-11-18-14/h5-7,11,15H,3-4,8-10,12-13H2,1-2H3,(H2,19,20,21). The maximum Gasteiger partial charge on any atom is 0.243 e. The van der Waals surface area contributed by atoms with Crippen molar-refractivity contribution in [2.45, 2.75) is 38.1 Å². The lowest BCUT2D eigenvalue weighted by atomic mass is 10.2. The van der Waals surface area contributed by atoms with Crippen LogP contribution >= 0.6 is 0 Å². The molecule has 0 aromatic carbocycles. The Morgan fingerprint density at radius 3 is 2.78 bits per heavy atom. The Morgan fingerprint density at radius 2 is 2.13 bits per heavy atom. The molecule has 0 atom stereocenters. The van der Waals surface area contributed by atoms with E-state index in [0.29, 0.717) is 6.04 Å². The largest absolute Gasteiger partial charge is 0.356 e. The molecule has 0 bridgehead atoms. The molecule has 1 amide bonds. The van der Waals surface area contributed by atoms with E-state index in [1.165, 1.54) is 25.7 Å². The van der Waals surface area contributed by atoms with Gasteiger partial charge in [0, 0.05) is 45.0 Å². The summed E-state index contributed by atoms with van der Waals surface area (Å²) < 4.78 is 0. The topological polar surface area (TPSA) is 69.6 Å². The molecule has 1 aliphatic rings. The first-order valence-electron chi connectivity index (χ1n) is 8.30. The lowest BCUT2D eigenvalue weighted by Gasteiger charge is -2.17. The summed E-state index contributed by atoms with van der Waals surface area (Å²) in [7, 11) is 3.49. The molecular formula is C17H27N5O. The number of aromatic nitrogens is 1. The summed E-state index contributed by atoms with van der Waals surface area (Å²) in [5.74, 6) is 0.727. The van der Waals surface area contributed by atoms with Crippen LogP contribution in [0, 0.1) is 0 Å². The molecule has 23 heavy (non-hydrogen) atoms. The predicted molar refractivity (Wildman–Crippen MR) is 92.3 cm³/mol. The van der Waals surface area contributed by atoms with Gasteiger partial charge in [0.25, 0.3) is 0 Å². The molecule has 6 heteroatoms. The molecule has 0 saturated heterocycles. The van der Waals surface area contributed by atoms with Gasteiger partial charge in [0.1, 0.15) is 6.54 Å². The zero-order valence-electron chi connectivity index (χ0n) is 14.1. The third-order valence-electron chi connectivity index (χ3n) is 3.97. The zero-order chi connectivity index (χ0) is 16.5. The van der Waals surface area contributed by atoms with E-state index in [-0.39, 0.29) is 12.5 Å². The molecule has 0 unspecified atom stereocenters. The number of carbonyl (C=O) groups excluding carboxylic acids is 1. The Balaban J connectivity index is 1.86. The second-order valence-electron chi connectivity index (χ2n) is 6.08. The van der Waals surface area contributed by atoms with Crippen LogP contribution in [0.25, 0.3) is 0 Å². The summed E-state index contributed by atoms with van der Waals surface area (Å²) in [6.45, 7) is 0.907. The van der Waals surface area contributed by atoms with Crippen molar-refractivity contribution in [3.8, 4) is 0 Å². The normalized spacial score (nSPS) is 15.5. The number of carbonyl (C=O) groups is 1.